The van der Waals surface area contributed by atoms with Gasteiger partial charge in [0.2, 0.25) is 5.88 Å². The molecule has 1 aromatic heterocycles. The monoisotopic (exact) mass is 522 g/mol. The lowest BCUT2D eigenvalue weighted by Crippen LogP contribution is -2.41. The molecular formula is C33H34N2O4. The van der Waals surface area contributed by atoms with E-state index in [-0.39, 0.29) is 29.3 Å². The van der Waals surface area contributed by atoms with E-state index >= 15 is 0 Å². The van der Waals surface area contributed by atoms with Crippen molar-refractivity contribution in [3.8, 4) is 28.8 Å². The molecule has 0 amide bonds. The summed E-state index contributed by atoms with van der Waals surface area (Å²) in [5.74, 6) is 2.01. The largest absolute Gasteiger partial charge is 0.490 e. The molecule has 0 bridgehead atoms. The fourth-order valence-corrected chi connectivity index (χ4v) is 6.64. The molecule has 3 atom stereocenters. The summed E-state index contributed by atoms with van der Waals surface area (Å²) in [6, 6.07) is 17.0. The summed E-state index contributed by atoms with van der Waals surface area (Å²) < 4.78 is 17.5. The number of aromatic nitrogens is 1. The van der Waals surface area contributed by atoms with Gasteiger partial charge in [0.25, 0.3) is 0 Å². The minimum atomic E-state index is -0.250. The Balaban J connectivity index is 1.11. The highest BCUT2D eigenvalue weighted by Crippen LogP contribution is 2.61. The number of pyridine rings is 1. The summed E-state index contributed by atoms with van der Waals surface area (Å²) >= 11 is 0. The predicted molar refractivity (Wildman–Crippen MR) is 147 cm³/mol. The number of hydrogen-bond donors (Lipinski definition) is 0. The third-order valence-corrected chi connectivity index (χ3v) is 8.58. The van der Waals surface area contributed by atoms with Crippen LogP contribution in [0.5, 0.6) is 11.6 Å². The van der Waals surface area contributed by atoms with E-state index in [4.69, 9.17) is 14.2 Å². The Morgan fingerprint density at radius 1 is 1.15 bits per heavy atom. The third-order valence-electron chi connectivity index (χ3n) is 8.58. The fraction of sp³-hybridized carbons (Fsp3) is 0.424. The Kier molecular flexibility index (Phi) is 6.33. The van der Waals surface area contributed by atoms with Gasteiger partial charge in [0.1, 0.15) is 18.5 Å². The second-order valence-electron chi connectivity index (χ2n) is 11.6. The molecule has 39 heavy (non-hydrogen) atoms. The molecule has 0 unspecified atom stereocenters. The van der Waals surface area contributed by atoms with Gasteiger partial charge < -0.3 is 14.2 Å². The minimum absolute atomic E-state index is 0.00104. The molecule has 0 N–H and O–H groups in total. The first-order chi connectivity index (χ1) is 18.8. The Morgan fingerprint density at radius 3 is 2.64 bits per heavy atom. The van der Waals surface area contributed by atoms with Crippen LogP contribution >= 0.6 is 0 Å². The highest BCUT2D eigenvalue weighted by Gasteiger charge is 2.60. The van der Waals surface area contributed by atoms with Crippen LogP contribution in [0.15, 0.2) is 48.7 Å². The van der Waals surface area contributed by atoms with Crippen molar-refractivity contribution in [1.82, 2.24) is 4.98 Å². The van der Waals surface area contributed by atoms with Gasteiger partial charge in [-0.05, 0) is 97.2 Å². The quantitative estimate of drug-likeness (QED) is 0.316. The van der Waals surface area contributed by atoms with Crippen molar-refractivity contribution in [3.05, 3.63) is 76.5 Å². The molecule has 3 aliphatic carbocycles. The molecule has 2 fully saturated rings. The van der Waals surface area contributed by atoms with Crippen molar-refractivity contribution < 1.29 is 19.0 Å². The molecular weight excluding hydrogens is 488 g/mol. The average molecular weight is 523 g/mol. The molecule has 6 nitrogen and oxygen atoms in total. The number of carbonyl (C=O) groups excluding carboxylic acids is 1. The maximum Gasteiger partial charge on any atom is 0.309 e. The summed E-state index contributed by atoms with van der Waals surface area (Å²) in [6.07, 6.45) is 4.43. The Hall–Kier alpha value is -3.85. The first kappa shape index (κ1) is 25.4. The number of fused-ring (bicyclic) bond motifs is 3. The van der Waals surface area contributed by atoms with Crippen LogP contribution in [0.25, 0.3) is 11.1 Å². The maximum atomic E-state index is 12.1. The van der Waals surface area contributed by atoms with Gasteiger partial charge >= 0.3 is 5.97 Å². The Morgan fingerprint density at radius 2 is 1.92 bits per heavy atom. The van der Waals surface area contributed by atoms with Gasteiger partial charge in [-0.3, -0.25) is 4.79 Å². The molecule has 0 spiro atoms. The van der Waals surface area contributed by atoms with Gasteiger partial charge in [0.15, 0.2) is 0 Å². The number of esters is 1. The van der Waals surface area contributed by atoms with Crippen molar-refractivity contribution in [1.29, 1.82) is 5.26 Å². The van der Waals surface area contributed by atoms with Crippen LogP contribution in [0.2, 0.25) is 0 Å². The van der Waals surface area contributed by atoms with Crippen molar-refractivity contribution in [2.24, 2.45) is 17.3 Å². The molecule has 200 valence electrons. The number of nitrogens with zero attached hydrogens (tertiary/aromatic N) is 2. The van der Waals surface area contributed by atoms with Crippen LogP contribution in [-0.2, 0) is 22.6 Å². The normalized spacial score (nSPS) is 26.0. The molecule has 0 saturated heterocycles. The van der Waals surface area contributed by atoms with E-state index in [1.807, 2.05) is 26.1 Å². The SMILES string of the molecule is CCOC(=O)[C@H]1[C@@H]2Cc3cc(OCc4cccc(-c5c(C)cc(OC6CC(C)(C#N)C6)cc5C)c4)ncc3[C@@H]21. The molecule has 3 aromatic rings. The number of aryl methyl sites for hydroxylation is 2. The lowest BCUT2D eigenvalue weighted by atomic mass is 9.69. The van der Waals surface area contributed by atoms with Crippen LogP contribution in [0, 0.1) is 42.4 Å². The zero-order valence-electron chi connectivity index (χ0n) is 23.0. The van der Waals surface area contributed by atoms with Crippen LogP contribution in [0.4, 0.5) is 0 Å². The molecule has 0 aliphatic heterocycles. The number of benzene rings is 2. The van der Waals surface area contributed by atoms with Crippen LogP contribution in [-0.4, -0.2) is 23.7 Å². The van der Waals surface area contributed by atoms with Crippen molar-refractivity contribution in [2.45, 2.75) is 65.6 Å². The van der Waals surface area contributed by atoms with Crippen molar-refractivity contribution in [3.63, 3.8) is 0 Å². The van der Waals surface area contributed by atoms with E-state index in [2.05, 4.69) is 61.3 Å². The number of ether oxygens (including phenoxy) is 3. The number of hydrogen-bond acceptors (Lipinski definition) is 6. The molecule has 0 radical (unpaired) electrons. The van der Waals surface area contributed by atoms with E-state index in [1.165, 1.54) is 16.7 Å². The van der Waals surface area contributed by atoms with Crippen molar-refractivity contribution in [2.75, 3.05) is 6.61 Å². The third kappa shape index (κ3) is 4.76. The van der Waals surface area contributed by atoms with Gasteiger partial charge in [-0.25, -0.2) is 4.98 Å². The first-order valence-electron chi connectivity index (χ1n) is 13.9. The predicted octanol–water partition coefficient (Wildman–Crippen LogP) is 6.46. The first-order valence-corrected chi connectivity index (χ1v) is 13.9. The Labute approximate surface area is 229 Å². The van der Waals surface area contributed by atoms with Gasteiger partial charge in [-0.1, -0.05) is 18.2 Å². The summed E-state index contributed by atoms with van der Waals surface area (Å²) in [4.78, 5) is 16.7. The zero-order valence-corrected chi connectivity index (χ0v) is 23.0. The molecule has 6 heteroatoms. The van der Waals surface area contributed by atoms with Crippen LogP contribution < -0.4 is 9.47 Å². The molecule has 2 aromatic carbocycles. The van der Waals surface area contributed by atoms with Gasteiger partial charge in [-0.2, -0.15) is 5.26 Å². The zero-order chi connectivity index (χ0) is 27.3. The molecule has 2 saturated carbocycles. The highest BCUT2D eigenvalue weighted by molar-refractivity contribution is 5.79. The maximum absolute atomic E-state index is 12.1. The standard InChI is InChI=1S/C33H34N2O4/c1-5-37-32(36)31-26-12-23-13-28(35-16-27(23)30(26)31)38-17-21-7-6-8-22(11-21)29-19(2)9-24(10-20(29)3)39-25-14-33(4,15-25)18-34/h6-11,13,16,25-26,30-31H,5,12,14-15,17H2,1-4H3/t25?,26-,30-,31+,33?/m1/s1. The second-order valence-corrected chi connectivity index (χ2v) is 11.6. The van der Waals surface area contributed by atoms with Gasteiger partial charge in [0, 0.05) is 31.0 Å². The van der Waals surface area contributed by atoms with Gasteiger partial charge in [-0.15, -0.1) is 0 Å². The Bertz CT molecular complexity index is 1460. The second kappa shape index (κ2) is 9.72. The van der Waals surface area contributed by atoms with E-state index in [0.29, 0.717) is 25.0 Å². The summed E-state index contributed by atoms with van der Waals surface area (Å²) in [5.41, 5.74) is 7.88. The average Bonchev–Trinajstić information content (AvgIpc) is 3.48. The molecule has 3 aliphatic rings. The summed E-state index contributed by atoms with van der Waals surface area (Å²) in [7, 11) is 0. The highest BCUT2D eigenvalue weighted by atomic mass is 16.5. The van der Waals surface area contributed by atoms with E-state index in [1.54, 1.807) is 0 Å². The summed E-state index contributed by atoms with van der Waals surface area (Å²) in [5, 5.41) is 9.26. The van der Waals surface area contributed by atoms with E-state index < -0.39 is 0 Å². The smallest absolute Gasteiger partial charge is 0.309 e. The minimum Gasteiger partial charge on any atom is -0.490 e. The van der Waals surface area contributed by atoms with E-state index in [0.717, 1.165) is 47.3 Å². The molecule has 6 rings (SSSR count). The fourth-order valence-electron chi connectivity index (χ4n) is 6.64. The number of rotatable bonds is 8. The van der Waals surface area contributed by atoms with Crippen molar-refractivity contribution >= 4 is 5.97 Å². The van der Waals surface area contributed by atoms with Crippen LogP contribution in [0.1, 0.15) is 60.4 Å². The van der Waals surface area contributed by atoms with Gasteiger partial charge in [0.05, 0.1) is 24.0 Å². The molecule has 1 heterocycles. The topological polar surface area (TPSA) is 81.4 Å². The summed E-state index contributed by atoms with van der Waals surface area (Å²) in [6.45, 7) is 8.93. The van der Waals surface area contributed by atoms with E-state index in [9.17, 15) is 10.1 Å². The number of nitriles is 1. The lowest BCUT2D eigenvalue weighted by Gasteiger charge is -2.39. The number of carbonyl (C=O) groups is 1. The lowest BCUT2D eigenvalue weighted by molar-refractivity contribution is -0.145. The van der Waals surface area contributed by atoms with Crippen LogP contribution in [0.3, 0.4) is 0 Å².